The predicted molar refractivity (Wildman–Crippen MR) is 45.2 cm³/mol. The molecule has 0 spiro atoms. The van der Waals surface area contributed by atoms with Gasteiger partial charge in [0.1, 0.15) is 5.82 Å². The molecule has 1 aromatic heterocycles. The van der Waals surface area contributed by atoms with E-state index in [-0.39, 0.29) is 0 Å². The van der Waals surface area contributed by atoms with E-state index in [9.17, 15) is 0 Å². The number of H-pyrrole nitrogens is 1. The molecule has 1 aliphatic heterocycles. The maximum atomic E-state index is 5.38. The van der Waals surface area contributed by atoms with Crippen LogP contribution < -0.4 is 5.73 Å². The van der Waals surface area contributed by atoms with Gasteiger partial charge in [-0.1, -0.05) is 0 Å². The minimum Gasteiger partial charge on any atom is -0.367 e. The molecule has 0 amide bonds. The molecule has 1 fully saturated rings. The maximum Gasteiger partial charge on any atom is 0.239 e. The Morgan fingerprint density at radius 3 is 3.09 bits per heavy atom. The second kappa shape index (κ2) is 2.73. The van der Waals surface area contributed by atoms with Gasteiger partial charge in [-0.25, -0.2) is 0 Å². The third-order valence-corrected chi connectivity index (χ3v) is 3.14. The average Bonchev–Trinajstić information content (AvgIpc) is 2.55. The maximum absolute atomic E-state index is 5.38. The molecule has 3 N–H and O–H groups in total. The Balaban J connectivity index is 2.15. The van der Waals surface area contributed by atoms with Crippen LogP contribution in [0, 0.1) is 0 Å². The van der Waals surface area contributed by atoms with Crippen molar-refractivity contribution in [3.05, 3.63) is 5.82 Å². The number of rotatable bonds is 1. The van der Waals surface area contributed by atoms with Crippen LogP contribution >= 0.6 is 11.8 Å². The molecule has 0 aliphatic carbocycles. The van der Waals surface area contributed by atoms with E-state index in [2.05, 4.69) is 15.2 Å². The zero-order valence-corrected chi connectivity index (χ0v) is 6.90. The average molecular weight is 170 g/mol. The summed E-state index contributed by atoms with van der Waals surface area (Å²) in [5, 5.41) is 7.13. The number of nitrogens with one attached hydrogen (secondary N) is 1. The lowest BCUT2D eigenvalue weighted by molar-refractivity contribution is 0.781. The second-order valence-corrected chi connectivity index (χ2v) is 3.89. The van der Waals surface area contributed by atoms with E-state index in [1.54, 1.807) is 0 Å². The van der Waals surface area contributed by atoms with Crippen LogP contribution in [0.25, 0.3) is 0 Å². The smallest absolute Gasteiger partial charge is 0.239 e. The van der Waals surface area contributed by atoms with Gasteiger partial charge in [-0.2, -0.15) is 16.7 Å². The third kappa shape index (κ3) is 1.33. The van der Waals surface area contributed by atoms with Crippen LogP contribution in [-0.4, -0.2) is 20.9 Å². The Morgan fingerprint density at radius 1 is 1.64 bits per heavy atom. The molecule has 1 aromatic rings. The van der Waals surface area contributed by atoms with E-state index in [0.29, 0.717) is 11.2 Å². The van der Waals surface area contributed by atoms with Gasteiger partial charge in [0.2, 0.25) is 5.95 Å². The van der Waals surface area contributed by atoms with Crippen molar-refractivity contribution in [3.63, 3.8) is 0 Å². The summed E-state index contributed by atoms with van der Waals surface area (Å²) < 4.78 is 0. The van der Waals surface area contributed by atoms with Gasteiger partial charge in [-0.3, -0.25) is 5.10 Å². The first-order valence-electron chi connectivity index (χ1n) is 3.65. The number of thioether (sulfide) groups is 1. The normalized spacial score (nSPS) is 24.2. The van der Waals surface area contributed by atoms with Crippen molar-refractivity contribution >= 4 is 17.7 Å². The number of anilines is 1. The fourth-order valence-electron chi connectivity index (χ4n) is 1.23. The lowest BCUT2D eigenvalue weighted by atomic mass is 10.2. The summed E-state index contributed by atoms with van der Waals surface area (Å²) in [5.41, 5.74) is 5.38. The largest absolute Gasteiger partial charge is 0.367 e. The van der Waals surface area contributed by atoms with Gasteiger partial charge >= 0.3 is 0 Å². The number of hydrogen-bond donors (Lipinski definition) is 2. The zero-order valence-electron chi connectivity index (χ0n) is 6.08. The molecule has 0 saturated carbocycles. The highest BCUT2D eigenvalue weighted by molar-refractivity contribution is 7.99. The number of nitrogen functional groups attached to an aromatic ring is 1. The van der Waals surface area contributed by atoms with Gasteiger partial charge in [0, 0.05) is 0 Å². The minimum atomic E-state index is 0.354. The summed E-state index contributed by atoms with van der Waals surface area (Å²) in [4.78, 5) is 4.08. The number of nitrogens with two attached hydrogens (primary N) is 1. The van der Waals surface area contributed by atoms with Crippen LogP contribution in [0.15, 0.2) is 0 Å². The van der Waals surface area contributed by atoms with Gasteiger partial charge in [0.25, 0.3) is 0 Å². The number of aromatic nitrogens is 3. The van der Waals surface area contributed by atoms with Gasteiger partial charge in [0.15, 0.2) is 0 Å². The summed E-state index contributed by atoms with van der Waals surface area (Å²) in [5.74, 6) is 2.52. The molecule has 60 valence electrons. The van der Waals surface area contributed by atoms with E-state index < -0.39 is 0 Å². The topological polar surface area (TPSA) is 67.6 Å². The summed E-state index contributed by atoms with van der Waals surface area (Å²) in [6.07, 6.45) is 2.47. The van der Waals surface area contributed by atoms with Gasteiger partial charge in [-0.15, -0.1) is 5.10 Å². The standard InChI is InChI=1S/C6H10N4S/c7-6-8-5(9-10-6)4-2-1-3-11-4/h4H,1-3H2,(H3,7,8,9,10). The highest BCUT2D eigenvalue weighted by Gasteiger charge is 2.20. The molecule has 4 nitrogen and oxygen atoms in total. The van der Waals surface area contributed by atoms with Crippen molar-refractivity contribution in [2.75, 3.05) is 11.5 Å². The van der Waals surface area contributed by atoms with Gasteiger partial charge in [-0.05, 0) is 18.6 Å². The fraction of sp³-hybridized carbons (Fsp3) is 0.667. The predicted octanol–water partition coefficient (Wildman–Crippen LogP) is 0.955. The van der Waals surface area contributed by atoms with Crippen LogP contribution in [0.4, 0.5) is 5.95 Å². The van der Waals surface area contributed by atoms with Crippen LogP contribution in [0.1, 0.15) is 23.9 Å². The van der Waals surface area contributed by atoms with Crippen molar-refractivity contribution in [2.45, 2.75) is 18.1 Å². The molecule has 5 heteroatoms. The minimum absolute atomic E-state index is 0.354. The number of aromatic amines is 1. The molecular weight excluding hydrogens is 160 g/mol. The Morgan fingerprint density at radius 2 is 2.55 bits per heavy atom. The summed E-state index contributed by atoms with van der Waals surface area (Å²) >= 11 is 1.92. The molecule has 1 atom stereocenters. The summed E-state index contributed by atoms with van der Waals surface area (Å²) in [6.45, 7) is 0. The molecule has 11 heavy (non-hydrogen) atoms. The third-order valence-electron chi connectivity index (χ3n) is 1.75. The van der Waals surface area contributed by atoms with E-state index in [0.717, 1.165) is 5.82 Å². The van der Waals surface area contributed by atoms with E-state index >= 15 is 0 Å². The first-order valence-corrected chi connectivity index (χ1v) is 4.70. The SMILES string of the molecule is Nc1n[nH]c(C2CCCS2)n1. The lowest BCUT2D eigenvalue weighted by Crippen LogP contribution is -1.91. The first-order chi connectivity index (χ1) is 5.36. The fourth-order valence-corrected chi connectivity index (χ4v) is 2.44. The van der Waals surface area contributed by atoms with Crippen molar-refractivity contribution in [3.8, 4) is 0 Å². The van der Waals surface area contributed by atoms with Crippen LogP contribution in [0.3, 0.4) is 0 Å². The van der Waals surface area contributed by atoms with Crippen LogP contribution in [-0.2, 0) is 0 Å². The van der Waals surface area contributed by atoms with E-state index in [1.807, 2.05) is 11.8 Å². The van der Waals surface area contributed by atoms with Gasteiger partial charge in [0.05, 0.1) is 5.25 Å². The summed E-state index contributed by atoms with van der Waals surface area (Å²) in [7, 11) is 0. The highest BCUT2D eigenvalue weighted by atomic mass is 32.2. The Hall–Kier alpha value is -0.710. The molecule has 0 bridgehead atoms. The van der Waals surface area contributed by atoms with Gasteiger partial charge < -0.3 is 5.73 Å². The van der Waals surface area contributed by atoms with Crippen molar-refractivity contribution < 1.29 is 0 Å². The molecule has 0 radical (unpaired) electrons. The Labute approximate surface area is 69.0 Å². The monoisotopic (exact) mass is 170 g/mol. The summed E-state index contributed by atoms with van der Waals surface area (Å²) in [6, 6.07) is 0. The van der Waals surface area contributed by atoms with Crippen LogP contribution in [0.5, 0.6) is 0 Å². The van der Waals surface area contributed by atoms with Crippen LogP contribution in [0.2, 0.25) is 0 Å². The van der Waals surface area contributed by atoms with Crippen molar-refractivity contribution in [1.29, 1.82) is 0 Å². The first kappa shape index (κ1) is 6.97. The quantitative estimate of drug-likeness (QED) is 0.658. The molecule has 2 heterocycles. The number of hydrogen-bond acceptors (Lipinski definition) is 4. The lowest BCUT2D eigenvalue weighted by Gasteiger charge is -2.00. The molecular formula is C6H10N4S. The van der Waals surface area contributed by atoms with E-state index in [1.165, 1.54) is 18.6 Å². The number of nitrogens with zero attached hydrogens (tertiary/aromatic N) is 2. The molecule has 1 saturated heterocycles. The highest BCUT2D eigenvalue weighted by Crippen LogP contribution is 2.37. The zero-order chi connectivity index (χ0) is 7.68. The molecule has 2 rings (SSSR count). The molecule has 1 aliphatic rings. The van der Waals surface area contributed by atoms with Crippen molar-refractivity contribution in [1.82, 2.24) is 15.2 Å². The molecule has 0 aromatic carbocycles. The Bertz CT molecular complexity index is 240. The Kier molecular flexibility index (Phi) is 1.73. The van der Waals surface area contributed by atoms with E-state index in [4.69, 9.17) is 5.73 Å². The molecule has 1 unspecified atom stereocenters. The van der Waals surface area contributed by atoms with Crippen molar-refractivity contribution in [2.24, 2.45) is 0 Å². The second-order valence-electron chi connectivity index (χ2n) is 2.58.